The van der Waals surface area contributed by atoms with Crippen LogP contribution in [0.15, 0.2) is 23.1 Å². The first-order chi connectivity index (χ1) is 11.6. The fraction of sp³-hybridized carbons (Fsp3) is 0.375. The first kappa shape index (κ1) is 16.1. The maximum atomic E-state index is 12.2. The minimum absolute atomic E-state index is 0.259. The second-order valence-corrected chi connectivity index (χ2v) is 5.71. The Hall–Kier alpha value is -2.74. The summed E-state index contributed by atoms with van der Waals surface area (Å²) in [5.41, 5.74) is 8.48. The zero-order chi connectivity index (χ0) is 17.1. The van der Waals surface area contributed by atoms with E-state index in [2.05, 4.69) is 32.2 Å². The molecule has 0 fully saturated rings. The number of hydrogen-bond acceptors (Lipinski definition) is 6. The quantitative estimate of drug-likeness (QED) is 0.581. The van der Waals surface area contributed by atoms with Gasteiger partial charge in [0.25, 0.3) is 0 Å². The first-order valence-corrected chi connectivity index (χ1v) is 7.95. The van der Waals surface area contributed by atoms with E-state index in [1.807, 2.05) is 12.1 Å². The van der Waals surface area contributed by atoms with Crippen molar-refractivity contribution >= 4 is 17.0 Å². The van der Waals surface area contributed by atoms with E-state index in [9.17, 15) is 4.79 Å². The van der Waals surface area contributed by atoms with Gasteiger partial charge in [-0.15, -0.1) is 0 Å². The topological polar surface area (TPSA) is 115 Å². The van der Waals surface area contributed by atoms with Crippen LogP contribution >= 0.6 is 0 Å². The standard InChI is InChI=1S/C16H21N7O/c1-3-6-18-8-12-5-4-11(7-19-12)9-23-15-13(22-16(23)24)14(17)20-10(2)21-15/h4-5,7,18H,3,6,8-9H2,1-2H3,(H,22,24)(H2,17,20,21). The van der Waals surface area contributed by atoms with E-state index in [0.29, 0.717) is 23.5 Å². The number of nitrogen functional groups attached to an aromatic ring is 1. The van der Waals surface area contributed by atoms with Gasteiger partial charge in [0.15, 0.2) is 11.5 Å². The largest absolute Gasteiger partial charge is 0.382 e. The van der Waals surface area contributed by atoms with Crippen LogP contribution in [0.5, 0.6) is 0 Å². The second kappa shape index (κ2) is 6.79. The van der Waals surface area contributed by atoms with Gasteiger partial charge < -0.3 is 16.0 Å². The molecule has 4 N–H and O–H groups in total. The average Bonchev–Trinajstić information content (AvgIpc) is 2.86. The Balaban J connectivity index is 1.85. The van der Waals surface area contributed by atoms with E-state index in [4.69, 9.17) is 5.73 Å². The fourth-order valence-electron chi connectivity index (χ4n) is 2.54. The average molecular weight is 327 g/mol. The summed E-state index contributed by atoms with van der Waals surface area (Å²) < 4.78 is 1.55. The van der Waals surface area contributed by atoms with Crippen molar-refractivity contribution in [2.45, 2.75) is 33.4 Å². The Morgan fingerprint density at radius 1 is 1.33 bits per heavy atom. The number of H-pyrrole nitrogens is 1. The van der Waals surface area contributed by atoms with Gasteiger partial charge in [-0.25, -0.2) is 14.8 Å². The van der Waals surface area contributed by atoms with Crippen LogP contribution in [0.4, 0.5) is 5.82 Å². The molecule has 0 aliphatic heterocycles. The highest BCUT2D eigenvalue weighted by atomic mass is 16.1. The highest BCUT2D eigenvalue weighted by Crippen LogP contribution is 2.14. The Morgan fingerprint density at radius 2 is 2.17 bits per heavy atom. The third-order valence-electron chi connectivity index (χ3n) is 3.72. The predicted molar refractivity (Wildman–Crippen MR) is 92.6 cm³/mol. The van der Waals surface area contributed by atoms with Crippen LogP contribution in [0.3, 0.4) is 0 Å². The molecule has 0 atom stereocenters. The molecule has 3 aromatic rings. The van der Waals surface area contributed by atoms with Gasteiger partial charge in [0, 0.05) is 12.7 Å². The van der Waals surface area contributed by atoms with Gasteiger partial charge in [-0.3, -0.25) is 9.55 Å². The Labute approximate surface area is 139 Å². The van der Waals surface area contributed by atoms with Gasteiger partial charge in [-0.1, -0.05) is 13.0 Å². The molecule has 0 aliphatic rings. The Kier molecular flexibility index (Phi) is 4.57. The lowest BCUT2D eigenvalue weighted by Gasteiger charge is -2.06. The maximum absolute atomic E-state index is 12.2. The van der Waals surface area contributed by atoms with Gasteiger partial charge >= 0.3 is 5.69 Å². The molecule has 0 amide bonds. The minimum Gasteiger partial charge on any atom is -0.382 e. The minimum atomic E-state index is -0.259. The van der Waals surface area contributed by atoms with Crippen LogP contribution in [0.2, 0.25) is 0 Å². The van der Waals surface area contributed by atoms with Crippen molar-refractivity contribution in [1.82, 2.24) is 29.8 Å². The molecule has 0 saturated heterocycles. The number of aromatic nitrogens is 5. The number of pyridine rings is 1. The smallest absolute Gasteiger partial charge is 0.328 e. The van der Waals surface area contributed by atoms with Gasteiger partial charge in [0.05, 0.1) is 12.2 Å². The molecule has 8 nitrogen and oxygen atoms in total. The van der Waals surface area contributed by atoms with E-state index >= 15 is 0 Å². The SMILES string of the molecule is CCCNCc1ccc(Cn2c(=O)[nH]c3c(N)nc(C)nc32)cn1. The summed E-state index contributed by atoms with van der Waals surface area (Å²) >= 11 is 0. The van der Waals surface area contributed by atoms with Crippen molar-refractivity contribution in [3.8, 4) is 0 Å². The van der Waals surface area contributed by atoms with Crippen molar-refractivity contribution in [2.24, 2.45) is 0 Å². The summed E-state index contributed by atoms with van der Waals surface area (Å²) in [5, 5.41) is 3.31. The van der Waals surface area contributed by atoms with E-state index in [0.717, 1.165) is 30.8 Å². The molecule has 0 spiro atoms. The van der Waals surface area contributed by atoms with Crippen LogP contribution in [-0.2, 0) is 13.1 Å². The van der Waals surface area contributed by atoms with Crippen LogP contribution in [-0.4, -0.2) is 31.0 Å². The first-order valence-electron chi connectivity index (χ1n) is 7.95. The molecule has 0 unspecified atom stereocenters. The van der Waals surface area contributed by atoms with Gasteiger partial charge in [0.1, 0.15) is 11.3 Å². The molecule has 0 aromatic carbocycles. The number of nitrogens with one attached hydrogen (secondary N) is 2. The number of fused-ring (bicyclic) bond motifs is 1. The summed E-state index contributed by atoms with van der Waals surface area (Å²) in [4.78, 5) is 27.8. The summed E-state index contributed by atoms with van der Waals surface area (Å²) in [5.74, 6) is 0.812. The van der Waals surface area contributed by atoms with Gasteiger partial charge in [0.2, 0.25) is 0 Å². The maximum Gasteiger partial charge on any atom is 0.328 e. The number of aryl methyl sites for hydroxylation is 1. The zero-order valence-corrected chi connectivity index (χ0v) is 13.8. The third-order valence-corrected chi connectivity index (χ3v) is 3.72. The van der Waals surface area contributed by atoms with Gasteiger partial charge in [-0.2, -0.15) is 0 Å². The molecule has 0 aliphatic carbocycles. The van der Waals surface area contributed by atoms with E-state index in [1.54, 1.807) is 17.7 Å². The van der Waals surface area contributed by atoms with Crippen LogP contribution in [0.1, 0.15) is 30.4 Å². The summed E-state index contributed by atoms with van der Waals surface area (Å²) in [6.45, 7) is 5.96. The number of rotatable bonds is 6. The summed E-state index contributed by atoms with van der Waals surface area (Å²) in [6, 6.07) is 3.94. The molecule has 0 saturated carbocycles. The zero-order valence-electron chi connectivity index (χ0n) is 13.8. The van der Waals surface area contributed by atoms with Gasteiger partial charge in [-0.05, 0) is 31.5 Å². The van der Waals surface area contributed by atoms with Crippen molar-refractivity contribution < 1.29 is 0 Å². The number of aromatic amines is 1. The predicted octanol–water partition coefficient (Wildman–Crippen LogP) is 0.953. The van der Waals surface area contributed by atoms with E-state index < -0.39 is 0 Å². The summed E-state index contributed by atoms with van der Waals surface area (Å²) in [6.07, 6.45) is 2.87. The number of nitrogens with two attached hydrogens (primary N) is 1. The molecule has 8 heteroatoms. The van der Waals surface area contributed by atoms with E-state index in [1.165, 1.54) is 0 Å². The van der Waals surface area contributed by atoms with Crippen LogP contribution < -0.4 is 16.7 Å². The summed E-state index contributed by atoms with van der Waals surface area (Å²) in [7, 11) is 0. The second-order valence-electron chi connectivity index (χ2n) is 5.71. The molecule has 24 heavy (non-hydrogen) atoms. The number of nitrogens with zero attached hydrogens (tertiary/aromatic N) is 4. The Bertz CT molecular complexity index is 895. The Morgan fingerprint density at radius 3 is 2.88 bits per heavy atom. The van der Waals surface area contributed by atoms with Crippen molar-refractivity contribution in [2.75, 3.05) is 12.3 Å². The third kappa shape index (κ3) is 3.28. The van der Waals surface area contributed by atoms with Crippen molar-refractivity contribution in [3.63, 3.8) is 0 Å². The van der Waals surface area contributed by atoms with Crippen molar-refractivity contribution in [3.05, 3.63) is 45.9 Å². The molecule has 126 valence electrons. The molecule has 0 bridgehead atoms. The van der Waals surface area contributed by atoms with Crippen LogP contribution in [0.25, 0.3) is 11.2 Å². The number of hydrogen-bond donors (Lipinski definition) is 3. The normalized spacial score (nSPS) is 11.2. The van der Waals surface area contributed by atoms with Crippen LogP contribution in [0, 0.1) is 6.92 Å². The molecular weight excluding hydrogens is 306 g/mol. The molecule has 3 heterocycles. The fourth-order valence-corrected chi connectivity index (χ4v) is 2.54. The molecular formula is C16H21N7O. The molecule has 3 rings (SSSR count). The van der Waals surface area contributed by atoms with E-state index in [-0.39, 0.29) is 11.5 Å². The highest BCUT2D eigenvalue weighted by Gasteiger charge is 2.13. The highest BCUT2D eigenvalue weighted by molar-refractivity contribution is 5.81. The molecule has 3 aromatic heterocycles. The number of imidazole rings is 1. The van der Waals surface area contributed by atoms with Crippen molar-refractivity contribution in [1.29, 1.82) is 0 Å². The monoisotopic (exact) mass is 327 g/mol. The lowest BCUT2D eigenvalue weighted by Crippen LogP contribution is -2.18. The number of anilines is 1. The molecule has 0 radical (unpaired) electrons. The lowest BCUT2D eigenvalue weighted by molar-refractivity contribution is 0.663. The lowest BCUT2D eigenvalue weighted by atomic mass is 10.2.